The van der Waals surface area contributed by atoms with Gasteiger partial charge in [-0.05, 0) is 68.7 Å². The molecule has 2 fully saturated rings. The Kier molecular flexibility index (Phi) is 9.75. The van der Waals surface area contributed by atoms with E-state index in [4.69, 9.17) is 16.3 Å². The van der Waals surface area contributed by atoms with Gasteiger partial charge in [-0.1, -0.05) is 18.2 Å². The van der Waals surface area contributed by atoms with Crippen LogP contribution in [0.25, 0.3) is 0 Å². The van der Waals surface area contributed by atoms with Gasteiger partial charge < -0.3 is 29.8 Å². The van der Waals surface area contributed by atoms with E-state index in [1.165, 1.54) is 41.1 Å². The number of aromatic nitrogens is 2. The molecule has 3 atom stereocenters. The lowest BCUT2D eigenvalue weighted by Gasteiger charge is -2.23. The average Bonchev–Trinajstić information content (AvgIpc) is 3.69. The summed E-state index contributed by atoms with van der Waals surface area (Å²) in [6.45, 7) is 2.29. The van der Waals surface area contributed by atoms with Crippen molar-refractivity contribution in [1.82, 2.24) is 20.4 Å². The van der Waals surface area contributed by atoms with Crippen LogP contribution in [0.1, 0.15) is 68.4 Å². The third-order valence-corrected chi connectivity index (χ3v) is 7.22. The topological polar surface area (TPSA) is 162 Å². The van der Waals surface area contributed by atoms with Crippen molar-refractivity contribution in [2.24, 2.45) is 5.92 Å². The van der Waals surface area contributed by atoms with Gasteiger partial charge in [0.25, 0.3) is 11.5 Å². The number of carbonyl (C=O) groups excluding carboxylic acids is 4. The second-order valence-electron chi connectivity index (χ2n) is 9.86. The maximum Gasteiger partial charge on any atom is 0.330 e. The minimum atomic E-state index is -0.926. The van der Waals surface area contributed by atoms with Crippen LogP contribution >= 0.6 is 11.6 Å². The van der Waals surface area contributed by atoms with E-state index in [1.807, 2.05) is 0 Å². The molecule has 1 saturated carbocycles. The van der Waals surface area contributed by atoms with Crippen molar-refractivity contribution >= 4 is 41.0 Å². The summed E-state index contributed by atoms with van der Waals surface area (Å²) in [5.74, 6) is -2.11. The molecule has 2 aromatic rings. The summed E-state index contributed by atoms with van der Waals surface area (Å²) >= 11 is 5.67. The lowest BCUT2D eigenvalue weighted by molar-refractivity contribution is -0.142. The van der Waals surface area contributed by atoms with Gasteiger partial charge in [0.05, 0.1) is 0 Å². The molecule has 1 aliphatic heterocycles. The van der Waals surface area contributed by atoms with Crippen LogP contribution in [0, 0.1) is 5.92 Å². The first-order valence-corrected chi connectivity index (χ1v) is 13.7. The van der Waals surface area contributed by atoms with Gasteiger partial charge in [0.2, 0.25) is 17.0 Å². The van der Waals surface area contributed by atoms with Crippen LogP contribution in [0.15, 0.2) is 45.9 Å². The average molecular weight is 574 g/mol. The lowest BCUT2D eigenvalue weighted by Crippen LogP contribution is -2.43. The van der Waals surface area contributed by atoms with Crippen LogP contribution in [0.5, 0.6) is 0 Å². The largest absolute Gasteiger partial charge is 0.459 e. The summed E-state index contributed by atoms with van der Waals surface area (Å²) < 4.78 is 11.4. The Morgan fingerprint density at radius 2 is 2.05 bits per heavy atom. The Morgan fingerprint density at radius 3 is 2.70 bits per heavy atom. The molecule has 0 unspecified atom stereocenters. The number of amides is 3. The molecule has 2 aliphatic rings. The number of anilines is 1. The first-order chi connectivity index (χ1) is 19.2. The summed E-state index contributed by atoms with van der Waals surface area (Å²) in [5, 5.41) is 11.6. The monoisotopic (exact) mass is 573 g/mol. The van der Waals surface area contributed by atoms with Gasteiger partial charge in [0.15, 0.2) is 5.69 Å². The van der Waals surface area contributed by atoms with Gasteiger partial charge >= 0.3 is 5.97 Å². The zero-order chi connectivity index (χ0) is 28.6. The Morgan fingerprint density at radius 1 is 1.27 bits per heavy atom. The molecule has 13 heteroatoms. The van der Waals surface area contributed by atoms with E-state index in [2.05, 4.69) is 25.6 Å². The Labute approximate surface area is 235 Å². The van der Waals surface area contributed by atoms with Gasteiger partial charge in [-0.2, -0.15) is 0 Å². The van der Waals surface area contributed by atoms with Crippen LogP contribution in [0.3, 0.4) is 0 Å². The quantitative estimate of drug-likeness (QED) is 0.273. The number of pyridine rings is 1. The zero-order valence-corrected chi connectivity index (χ0v) is 22.8. The van der Waals surface area contributed by atoms with Crippen molar-refractivity contribution in [2.45, 2.75) is 70.1 Å². The van der Waals surface area contributed by atoms with Gasteiger partial charge in [-0.3, -0.25) is 19.2 Å². The third-order valence-electron chi connectivity index (χ3n) is 7.04. The van der Waals surface area contributed by atoms with Gasteiger partial charge in [-0.25, -0.2) is 4.79 Å². The molecule has 3 amide bonds. The number of esters is 1. The fourth-order valence-corrected chi connectivity index (χ4v) is 5.09. The van der Waals surface area contributed by atoms with E-state index < -0.39 is 35.4 Å². The highest BCUT2D eigenvalue weighted by molar-refractivity contribution is 6.29. The number of ether oxygens (including phenoxy) is 1. The van der Waals surface area contributed by atoms with Crippen LogP contribution < -0.4 is 21.5 Å². The number of hydrogen-bond acceptors (Lipinski definition) is 8. The molecule has 4 rings (SSSR count). The number of halogens is 1. The smallest absolute Gasteiger partial charge is 0.330 e. The van der Waals surface area contributed by atoms with Gasteiger partial charge in [-0.15, -0.1) is 0 Å². The molecule has 3 N–H and O–H groups in total. The number of hydrogen-bond donors (Lipinski definition) is 3. The molecule has 40 heavy (non-hydrogen) atoms. The Bertz CT molecular complexity index is 1330. The SMILES string of the molecule is CC[C@@H](C(=O)N[C@H](/C=C/C(=O)OC1CCCC1)C[C@@H]1CCNC1=O)n1cccc(NC(=O)c2cc(Cl)on2)c1=O. The zero-order valence-electron chi connectivity index (χ0n) is 22.1. The third kappa shape index (κ3) is 7.38. The molecule has 0 bridgehead atoms. The highest BCUT2D eigenvalue weighted by atomic mass is 35.5. The molecule has 1 aliphatic carbocycles. The van der Waals surface area contributed by atoms with E-state index in [9.17, 15) is 24.0 Å². The first-order valence-electron chi connectivity index (χ1n) is 13.4. The van der Waals surface area contributed by atoms with Crippen molar-refractivity contribution in [2.75, 3.05) is 11.9 Å². The molecule has 3 heterocycles. The summed E-state index contributed by atoms with van der Waals surface area (Å²) in [6, 6.07) is 2.57. The van der Waals surface area contributed by atoms with Crippen LogP contribution in [-0.2, 0) is 19.1 Å². The van der Waals surface area contributed by atoms with E-state index in [1.54, 1.807) is 6.92 Å². The highest BCUT2D eigenvalue weighted by Gasteiger charge is 2.29. The Hall–Kier alpha value is -3.93. The maximum absolute atomic E-state index is 13.4. The van der Waals surface area contributed by atoms with Gasteiger partial charge in [0.1, 0.15) is 17.8 Å². The van der Waals surface area contributed by atoms with Crippen molar-refractivity contribution in [3.8, 4) is 0 Å². The van der Waals surface area contributed by atoms with Crippen LogP contribution in [-0.4, -0.2) is 52.1 Å². The number of nitrogens with one attached hydrogen (secondary N) is 3. The number of rotatable bonds is 11. The molecule has 2 aromatic heterocycles. The molecular formula is C27H32ClN5O7. The predicted molar refractivity (Wildman–Crippen MR) is 145 cm³/mol. The summed E-state index contributed by atoms with van der Waals surface area (Å²) in [4.78, 5) is 63.7. The second-order valence-corrected chi connectivity index (χ2v) is 10.2. The first kappa shape index (κ1) is 29.1. The van der Waals surface area contributed by atoms with Crippen molar-refractivity contribution in [1.29, 1.82) is 0 Å². The molecular weight excluding hydrogens is 542 g/mol. The summed E-state index contributed by atoms with van der Waals surface area (Å²) in [7, 11) is 0. The van der Waals surface area contributed by atoms with E-state index in [0.717, 1.165) is 25.7 Å². The molecule has 1 saturated heterocycles. The molecule has 0 spiro atoms. The number of nitrogens with zero attached hydrogens (tertiary/aromatic N) is 2. The molecule has 214 valence electrons. The standard InChI is InChI=1S/C27H32ClN5O7/c1-2-21(33-13-5-8-19(27(33)38)31-25(36)20-15-22(28)40-32-20)26(37)30-17(14-16-11-12-29-24(16)35)9-10-23(34)39-18-6-3-4-7-18/h5,8-10,13,15-18,21H,2-4,6-7,11-12,14H2,1H3,(H,29,35)(H,30,37)(H,31,36)/b10-9+/t16-,17+,21-/m0/s1. The minimum Gasteiger partial charge on any atom is -0.459 e. The van der Waals surface area contributed by atoms with E-state index in [0.29, 0.717) is 13.0 Å². The van der Waals surface area contributed by atoms with Crippen LogP contribution in [0.2, 0.25) is 5.22 Å². The van der Waals surface area contributed by atoms with Crippen molar-refractivity contribution < 1.29 is 28.4 Å². The summed E-state index contributed by atoms with van der Waals surface area (Å²) in [6.07, 6.45) is 9.04. The van der Waals surface area contributed by atoms with Gasteiger partial charge in [0, 0.05) is 36.8 Å². The second kappa shape index (κ2) is 13.4. The molecule has 0 aromatic carbocycles. The van der Waals surface area contributed by atoms with Crippen LogP contribution in [0.4, 0.5) is 5.69 Å². The number of carbonyl (C=O) groups is 4. The summed E-state index contributed by atoms with van der Waals surface area (Å²) in [5.41, 5.74) is -0.775. The normalized spacial score (nSPS) is 18.9. The molecule has 0 radical (unpaired) electrons. The molecule has 12 nitrogen and oxygen atoms in total. The van der Waals surface area contributed by atoms with E-state index in [-0.39, 0.29) is 47.4 Å². The lowest BCUT2D eigenvalue weighted by atomic mass is 9.97. The van der Waals surface area contributed by atoms with Crippen molar-refractivity contribution in [3.63, 3.8) is 0 Å². The predicted octanol–water partition coefficient (Wildman–Crippen LogP) is 2.75. The maximum atomic E-state index is 13.4. The Balaban J connectivity index is 1.48. The van der Waals surface area contributed by atoms with E-state index >= 15 is 0 Å². The highest BCUT2D eigenvalue weighted by Crippen LogP contribution is 2.22. The fourth-order valence-electron chi connectivity index (χ4n) is 4.95. The van der Waals surface area contributed by atoms with Crippen molar-refractivity contribution in [3.05, 3.63) is 57.8 Å². The minimum absolute atomic E-state index is 0.0633. The fraction of sp³-hybridized carbons (Fsp3) is 0.481.